The number of nitrogens with zero attached hydrogens (tertiary/aromatic N) is 4. The number of carbonyl (C=O) groups is 3. The fourth-order valence-corrected chi connectivity index (χ4v) is 4.76. The third-order valence-corrected chi connectivity index (χ3v) is 6.84. The number of non-ortho nitro benzene ring substituents is 1. The molecule has 0 unspecified atom stereocenters. The second kappa shape index (κ2) is 12.6. The van der Waals surface area contributed by atoms with Crippen LogP contribution >= 0.6 is 11.6 Å². The van der Waals surface area contributed by atoms with Crippen LogP contribution in [0, 0.1) is 15.5 Å². The van der Waals surface area contributed by atoms with Gasteiger partial charge in [0.2, 0.25) is 5.91 Å². The molecule has 3 aromatic rings. The quantitative estimate of drug-likeness (QED) is 0.107. The van der Waals surface area contributed by atoms with Gasteiger partial charge in [-0.25, -0.2) is 0 Å². The number of hydrogen-bond donors (Lipinski definition) is 3. The summed E-state index contributed by atoms with van der Waals surface area (Å²) in [6.45, 7) is 2.49. The van der Waals surface area contributed by atoms with Crippen LogP contribution in [0.25, 0.3) is 0 Å². The Bertz CT molecular complexity index is 1500. The molecule has 2 aromatic carbocycles. The van der Waals surface area contributed by atoms with Crippen molar-refractivity contribution in [2.75, 3.05) is 13.2 Å². The molecule has 4 rings (SSSR count). The van der Waals surface area contributed by atoms with Crippen molar-refractivity contribution in [3.63, 3.8) is 0 Å². The highest BCUT2D eigenvalue weighted by Gasteiger charge is 2.31. The van der Waals surface area contributed by atoms with Gasteiger partial charge < -0.3 is 20.7 Å². The van der Waals surface area contributed by atoms with Gasteiger partial charge in [0.05, 0.1) is 27.8 Å². The van der Waals surface area contributed by atoms with Crippen molar-refractivity contribution in [2.24, 2.45) is 5.73 Å². The molecule has 1 aromatic heterocycles. The molecule has 4 N–H and O–H groups in total. The van der Waals surface area contributed by atoms with Crippen molar-refractivity contribution >= 4 is 40.9 Å². The Kier molecular flexibility index (Phi) is 8.97. The number of amidine groups is 1. The van der Waals surface area contributed by atoms with Crippen molar-refractivity contribution < 1.29 is 24.0 Å². The number of fused-ring (bicyclic) bond motifs is 1. The molecule has 0 radical (unpaired) electrons. The van der Waals surface area contributed by atoms with Crippen LogP contribution in [-0.4, -0.2) is 62.4 Å². The number of benzene rings is 2. The third-order valence-electron chi connectivity index (χ3n) is 6.53. The van der Waals surface area contributed by atoms with E-state index in [2.05, 4.69) is 10.4 Å². The number of nitro benzene ring substituents is 1. The molecule has 0 spiro atoms. The summed E-state index contributed by atoms with van der Waals surface area (Å²) in [6, 6.07) is 9.01. The van der Waals surface area contributed by atoms with Crippen molar-refractivity contribution in [1.82, 2.24) is 20.0 Å². The molecule has 1 aliphatic rings. The lowest BCUT2D eigenvalue weighted by molar-refractivity contribution is -0.384. The lowest BCUT2D eigenvalue weighted by Crippen LogP contribution is -2.50. The van der Waals surface area contributed by atoms with Crippen LogP contribution < -0.4 is 11.1 Å². The van der Waals surface area contributed by atoms with E-state index in [1.54, 1.807) is 18.0 Å². The molecule has 0 saturated carbocycles. The number of nitro groups is 1. The van der Waals surface area contributed by atoms with Crippen LogP contribution in [0.4, 0.5) is 5.69 Å². The molecule has 0 bridgehead atoms. The van der Waals surface area contributed by atoms with Crippen molar-refractivity contribution in [2.45, 2.75) is 38.9 Å². The van der Waals surface area contributed by atoms with Gasteiger partial charge in [0.25, 0.3) is 11.6 Å². The minimum absolute atomic E-state index is 0.0449. The Balaban J connectivity index is 1.55. The van der Waals surface area contributed by atoms with Gasteiger partial charge in [0.15, 0.2) is 0 Å². The van der Waals surface area contributed by atoms with Gasteiger partial charge in [-0.3, -0.25) is 34.6 Å². The van der Waals surface area contributed by atoms with E-state index in [1.165, 1.54) is 47.1 Å². The average Bonchev–Trinajstić information content (AvgIpc) is 3.33. The average molecular weight is 582 g/mol. The first-order valence-corrected chi connectivity index (χ1v) is 13.1. The van der Waals surface area contributed by atoms with Gasteiger partial charge in [-0.1, -0.05) is 29.8 Å². The highest BCUT2D eigenvalue weighted by molar-refractivity contribution is 6.34. The van der Waals surface area contributed by atoms with E-state index in [9.17, 15) is 24.5 Å². The smallest absolute Gasteiger partial charge is 0.327 e. The zero-order valence-corrected chi connectivity index (χ0v) is 22.9. The summed E-state index contributed by atoms with van der Waals surface area (Å²) in [5, 5.41) is 25.9. The lowest BCUT2D eigenvalue weighted by Gasteiger charge is -2.30. The summed E-state index contributed by atoms with van der Waals surface area (Å²) >= 11 is 6.29. The van der Waals surface area contributed by atoms with E-state index < -0.39 is 22.8 Å². The summed E-state index contributed by atoms with van der Waals surface area (Å²) in [6.07, 6.45) is 2.22. The van der Waals surface area contributed by atoms with Crippen LogP contribution in [0.3, 0.4) is 0 Å². The van der Waals surface area contributed by atoms with Gasteiger partial charge in [-0.05, 0) is 24.6 Å². The standard InChI is InChI=1S/C27H28ClN7O6/c1-2-41-24(36)15-34-14-18-13-33(10-9-22(18)32-34)27(38)23(11-16-3-6-19(7-4-16)35(39)40)31-26(37)20-8-5-17(25(29)30)12-21(20)28/h3-8,12,14,23H,2,9-11,13,15H2,1H3,(H3,29,30)(H,31,37)/t23-/m0/s1. The van der Waals surface area contributed by atoms with E-state index in [4.69, 9.17) is 27.5 Å². The van der Waals surface area contributed by atoms with Gasteiger partial charge in [-0.15, -0.1) is 0 Å². The van der Waals surface area contributed by atoms with Crippen molar-refractivity contribution in [3.05, 3.63) is 91.7 Å². The molecular weight excluding hydrogens is 554 g/mol. The zero-order valence-electron chi connectivity index (χ0n) is 22.1. The molecule has 214 valence electrons. The van der Waals surface area contributed by atoms with E-state index >= 15 is 0 Å². The first kappa shape index (κ1) is 29.2. The lowest BCUT2D eigenvalue weighted by atomic mass is 10.0. The summed E-state index contributed by atoms with van der Waals surface area (Å²) in [5.74, 6) is -1.59. The van der Waals surface area contributed by atoms with E-state index in [0.29, 0.717) is 24.1 Å². The van der Waals surface area contributed by atoms with Gasteiger partial charge in [0.1, 0.15) is 18.4 Å². The number of amides is 2. The predicted molar refractivity (Wildman–Crippen MR) is 149 cm³/mol. The van der Waals surface area contributed by atoms with Crippen LogP contribution in [-0.2, 0) is 40.3 Å². The summed E-state index contributed by atoms with van der Waals surface area (Å²) in [5.41, 5.74) is 8.00. The number of hydrogen-bond acceptors (Lipinski definition) is 8. The Morgan fingerprint density at radius 2 is 1.98 bits per heavy atom. The number of rotatable bonds is 10. The monoisotopic (exact) mass is 581 g/mol. The van der Waals surface area contributed by atoms with Crippen molar-refractivity contribution in [1.29, 1.82) is 5.41 Å². The number of aromatic nitrogens is 2. The highest BCUT2D eigenvalue weighted by atomic mass is 35.5. The van der Waals surface area contributed by atoms with Crippen LogP contribution in [0.15, 0.2) is 48.7 Å². The second-order valence-electron chi connectivity index (χ2n) is 9.38. The molecule has 13 nitrogen and oxygen atoms in total. The van der Waals surface area contributed by atoms with Crippen LogP contribution in [0.2, 0.25) is 5.02 Å². The topological polar surface area (TPSA) is 187 Å². The van der Waals surface area contributed by atoms with Gasteiger partial charge >= 0.3 is 5.97 Å². The maximum atomic E-state index is 13.8. The van der Waals surface area contributed by atoms with E-state index in [0.717, 1.165) is 11.3 Å². The number of carbonyl (C=O) groups excluding carboxylic acids is 3. The second-order valence-corrected chi connectivity index (χ2v) is 9.78. The first-order chi connectivity index (χ1) is 19.5. The van der Waals surface area contributed by atoms with E-state index in [-0.39, 0.29) is 54.1 Å². The number of ether oxygens (including phenoxy) is 1. The van der Waals surface area contributed by atoms with Gasteiger partial charge in [-0.2, -0.15) is 5.10 Å². The predicted octanol–water partition coefficient (Wildman–Crippen LogP) is 2.22. The summed E-state index contributed by atoms with van der Waals surface area (Å²) < 4.78 is 6.46. The molecule has 1 atom stereocenters. The SMILES string of the molecule is CCOC(=O)Cn1cc2c(n1)CCN(C(=O)[C@H](Cc1ccc([N+](=O)[O-])cc1)NC(=O)c1ccc(C(=N)N)cc1Cl)C2. The number of halogens is 1. The summed E-state index contributed by atoms with van der Waals surface area (Å²) in [7, 11) is 0. The normalized spacial score (nSPS) is 13.2. The number of esters is 1. The Morgan fingerprint density at radius 3 is 2.61 bits per heavy atom. The fourth-order valence-electron chi connectivity index (χ4n) is 4.49. The molecule has 41 heavy (non-hydrogen) atoms. The third kappa shape index (κ3) is 7.06. The maximum Gasteiger partial charge on any atom is 0.327 e. The van der Waals surface area contributed by atoms with Gasteiger partial charge in [0, 0.05) is 55.4 Å². The maximum absolute atomic E-state index is 13.8. The Labute approximate surface area is 239 Å². The molecule has 14 heteroatoms. The van der Waals surface area contributed by atoms with Crippen molar-refractivity contribution in [3.8, 4) is 0 Å². The molecule has 0 fully saturated rings. The largest absolute Gasteiger partial charge is 0.465 e. The minimum atomic E-state index is -1.02. The molecule has 0 aliphatic carbocycles. The molecule has 1 aliphatic heterocycles. The molecule has 0 saturated heterocycles. The first-order valence-electron chi connectivity index (χ1n) is 12.7. The molecule has 2 heterocycles. The summed E-state index contributed by atoms with van der Waals surface area (Å²) in [4.78, 5) is 51.0. The molecule has 2 amide bonds. The number of nitrogen functional groups attached to an aromatic ring is 1. The number of nitrogens with one attached hydrogen (secondary N) is 2. The Hall–Kier alpha value is -4.78. The highest BCUT2D eigenvalue weighted by Crippen LogP contribution is 2.22. The molecular formula is C27H28ClN7O6. The fraction of sp³-hybridized carbons (Fsp3) is 0.296. The number of nitrogens with two attached hydrogens (primary N) is 1. The zero-order chi connectivity index (χ0) is 29.7. The Morgan fingerprint density at radius 1 is 1.24 bits per heavy atom. The minimum Gasteiger partial charge on any atom is -0.465 e. The van der Waals surface area contributed by atoms with Crippen LogP contribution in [0.1, 0.15) is 39.7 Å². The van der Waals surface area contributed by atoms with E-state index in [1.807, 2.05) is 0 Å². The van der Waals surface area contributed by atoms with Crippen LogP contribution in [0.5, 0.6) is 0 Å².